The molecule has 1 saturated carbocycles. The summed E-state index contributed by atoms with van der Waals surface area (Å²) >= 11 is 0. The topological polar surface area (TPSA) is 66.4 Å². The Morgan fingerprint density at radius 2 is 1.79 bits per heavy atom. The lowest BCUT2D eigenvalue weighted by Gasteiger charge is -2.27. The Morgan fingerprint density at radius 3 is 2.21 bits per heavy atom. The summed E-state index contributed by atoms with van der Waals surface area (Å²) in [7, 11) is -4.02. The van der Waals surface area contributed by atoms with Gasteiger partial charge in [-0.05, 0) is 25.7 Å². The number of nitrogens with one attached hydrogen (secondary N) is 1. The predicted molar refractivity (Wildman–Crippen MR) is 61.0 cm³/mol. The zero-order chi connectivity index (χ0) is 9.90. The van der Waals surface area contributed by atoms with Crippen LogP contribution in [0.1, 0.15) is 39.0 Å². The molecule has 86 valence electrons. The van der Waals surface area contributed by atoms with E-state index < -0.39 is 10.3 Å². The van der Waals surface area contributed by atoms with E-state index in [0.29, 0.717) is 5.92 Å². The molecule has 1 aliphatic rings. The molecule has 6 heteroatoms. The van der Waals surface area contributed by atoms with Gasteiger partial charge in [-0.1, -0.05) is 19.3 Å². The van der Waals surface area contributed by atoms with E-state index in [0.717, 1.165) is 12.8 Å². The Labute approximate surface area is 96.1 Å². The van der Waals surface area contributed by atoms with Gasteiger partial charge in [0, 0.05) is 6.04 Å². The molecule has 2 N–H and O–H groups in total. The van der Waals surface area contributed by atoms with Crippen LogP contribution in [-0.2, 0) is 10.3 Å². The van der Waals surface area contributed by atoms with Crippen molar-refractivity contribution in [3.8, 4) is 0 Å². The minimum Gasteiger partial charge on any atom is -0.273 e. The van der Waals surface area contributed by atoms with Gasteiger partial charge < -0.3 is 0 Å². The smallest absolute Gasteiger partial charge is 0.273 e. The molecule has 0 saturated heterocycles. The molecule has 0 aromatic heterocycles. The van der Waals surface area contributed by atoms with Gasteiger partial charge in [0.1, 0.15) is 0 Å². The van der Waals surface area contributed by atoms with Crippen molar-refractivity contribution in [2.45, 2.75) is 45.1 Å². The molecule has 1 atom stereocenters. The molecule has 0 amide bonds. The SMILES string of the molecule is Br.CC(NS(=O)(=O)O)C1CCCCC1. The van der Waals surface area contributed by atoms with Gasteiger partial charge in [-0.25, -0.2) is 0 Å². The van der Waals surface area contributed by atoms with Gasteiger partial charge >= 0.3 is 10.3 Å². The highest BCUT2D eigenvalue weighted by atomic mass is 79.9. The van der Waals surface area contributed by atoms with E-state index in [4.69, 9.17) is 4.55 Å². The normalized spacial score (nSPS) is 21.3. The summed E-state index contributed by atoms with van der Waals surface area (Å²) in [6, 6.07) is -0.143. The Hall–Kier alpha value is 0.350. The lowest BCUT2D eigenvalue weighted by molar-refractivity contribution is 0.297. The summed E-state index contributed by atoms with van der Waals surface area (Å²) in [5.41, 5.74) is 0. The van der Waals surface area contributed by atoms with Crippen LogP contribution >= 0.6 is 17.0 Å². The lowest BCUT2D eigenvalue weighted by atomic mass is 9.85. The van der Waals surface area contributed by atoms with Crippen molar-refractivity contribution in [3.63, 3.8) is 0 Å². The maximum absolute atomic E-state index is 10.5. The molecule has 0 radical (unpaired) electrons. The van der Waals surface area contributed by atoms with E-state index in [1.54, 1.807) is 0 Å². The van der Waals surface area contributed by atoms with Crippen LogP contribution in [-0.4, -0.2) is 19.0 Å². The third-order valence-corrected chi connectivity index (χ3v) is 3.36. The zero-order valence-corrected chi connectivity index (χ0v) is 10.8. The van der Waals surface area contributed by atoms with Crippen LogP contribution in [0.5, 0.6) is 0 Å². The maximum atomic E-state index is 10.5. The van der Waals surface area contributed by atoms with Crippen molar-refractivity contribution < 1.29 is 13.0 Å². The molecule has 0 heterocycles. The summed E-state index contributed by atoms with van der Waals surface area (Å²) in [5.74, 6) is 0.385. The average Bonchev–Trinajstić information content (AvgIpc) is 2.03. The Morgan fingerprint density at radius 1 is 1.29 bits per heavy atom. The second-order valence-electron chi connectivity index (χ2n) is 3.78. The molecule has 0 aromatic rings. The zero-order valence-electron chi connectivity index (χ0n) is 8.27. The van der Waals surface area contributed by atoms with Crippen LogP contribution < -0.4 is 4.72 Å². The van der Waals surface area contributed by atoms with Gasteiger partial charge in [-0.3, -0.25) is 4.55 Å². The maximum Gasteiger partial charge on any atom is 0.333 e. The molecular formula is C8H18BrNO3S. The number of halogens is 1. The van der Waals surface area contributed by atoms with Gasteiger partial charge in [-0.2, -0.15) is 13.1 Å². The fourth-order valence-corrected chi connectivity index (χ4v) is 2.63. The molecular weight excluding hydrogens is 270 g/mol. The molecule has 1 fully saturated rings. The molecule has 1 rings (SSSR count). The van der Waals surface area contributed by atoms with Crippen molar-refractivity contribution in [1.82, 2.24) is 4.72 Å². The summed E-state index contributed by atoms with van der Waals surface area (Å²) in [6.07, 6.45) is 5.70. The predicted octanol–water partition coefficient (Wildman–Crippen LogP) is 1.93. The third kappa shape index (κ3) is 5.29. The van der Waals surface area contributed by atoms with E-state index in [2.05, 4.69) is 4.72 Å². The average molecular weight is 288 g/mol. The van der Waals surface area contributed by atoms with Gasteiger partial charge in [0.05, 0.1) is 0 Å². The molecule has 0 aliphatic heterocycles. The van der Waals surface area contributed by atoms with E-state index in [1.165, 1.54) is 19.3 Å². The largest absolute Gasteiger partial charge is 0.333 e. The van der Waals surface area contributed by atoms with E-state index in [9.17, 15) is 8.42 Å². The monoisotopic (exact) mass is 287 g/mol. The van der Waals surface area contributed by atoms with Crippen LogP contribution in [0.3, 0.4) is 0 Å². The second-order valence-corrected chi connectivity index (χ2v) is 4.97. The summed E-state index contributed by atoms with van der Waals surface area (Å²) in [4.78, 5) is 0. The first-order chi connectivity index (χ1) is 5.99. The highest BCUT2D eigenvalue weighted by molar-refractivity contribution is 8.93. The van der Waals surface area contributed by atoms with Gasteiger partial charge in [0.2, 0.25) is 0 Å². The molecule has 1 aliphatic carbocycles. The second kappa shape index (κ2) is 6.05. The lowest BCUT2D eigenvalue weighted by Crippen LogP contribution is -2.38. The number of rotatable bonds is 3. The van der Waals surface area contributed by atoms with Crippen LogP contribution in [0, 0.1) is 5.92 Å². The van der Waals surface area contributed by atoms with Crippen LogP contribution in [0.4, 0.5) is 0 Å². The van der Waals surface area contributed by atoms with Crippen LogP contribution in [0.15, 0.2) is 0 Å². The van der Waals surface area contributed by atoms with Gasteiger partial charge in [0.25, 0.3) is 0 Å². The minimum absolute atomic E-state index is 0. The minimum atomic E-state index is -4.02. The number of hydrogen-bond donors (Lipinski definition) is 2. The molecule has 0 bridgehead atoms. The van der Waals surface area contributed by atoms with Crippen molar-refractivity contribution in [2.24, 2.45) is 5.92 Å². The standard InChI is InChI=1S/C8H17NO3S.BrH/c1-7(9-13(10,11)12)8-5-3-2-4-6-8;/h7-9H,2-6H2,1H3,(H,10,11,12);1H. The molecule has 4 nitrogen and oxygen atoms in total. The van der Waals surface area contributed by atoms with Crippen molar-refractivity contribution in [1.29, 1.82) is 0 Å². The Balaban J connectivity index is 0.00000169. The molecule has 14 heavy (non-hydrogen) atoms. The van der Waals surface area contributed by atoms with Crippen molar-refractivity contribution in [3.05, 3.63) is 0 Å². The highest BCUT2D eigenvalue weighted by Crippen LogP contribution is 2.26. The summed E-state index contributed by atoms with van der Waals surface area (Å²) in [5, 5.41) is 0. The Kier molecular flexibility index (Phi) is 6.20. The first-order valence-corrected chi connectivity index (χ1v) is 6.18. The van der Waals surface area contributed by atoms with E-state index in [1.807, 2.05) is 6.92 Å². The summed E-state index contributed by atoms with van der Waals surface area (Å²) < 4.78 is 31.9. The van der Waals surface area contributed by atoms with Crippen LogP contribution in [0.2, 0.25) is 0 Å². The van der Waals surface area contributed by atoms with Gasteiger partial charge in [0.15, 0.2) is 0 Å². The third-order valence-electron chi connectivity index (χ3n) is 2.69. The number of hydrogen-bond acceptors (Lipinski definition) is 2. The van der Waals surface area contributed by atoms with Crippen LogP contribution in [0.25, 0.3) is 0 Å². The van der Waals surface area contributed by atoms with Crippen molar-refractivity contribution in [2.75, 3.05) is 0 Å². The quantitative estimate of drug-likeness (QED) is 0.780. The fourth-order valence-electron chi connectivity index (χ4n) is 1.97. The molecule has 0 spiro atoms. The van der Waals surface area contributed by atoms with E-state index >= 15 is 0 Å². The van der Waals surface area contributed by atoms with E-state index in [-0.39, 0.29) is 23.0 Å². The molecule has 1 unspecified atom stereocenters. The highest BCUT2D eigenvalue weighted by Gasteiger charge is 2.22. The van der Waals surface area contributed by atoms with Crippen molar-refractivity contribution >= 4 is 27.3 Å². The summed E-state index contributed by atoms with van der Waals surface area (Å²) in [6.45, 7) is 1.81. The first kappa shape index (κ1) is 14.3. The Bertz CT molecular complexity index is 249. The fraction of sp³-hybridized carbons (Fsp3) is 1.00. The van der Waals surface area contributed by atoms with Gasteiger partial charge in [-0.15, -0.1) is 17.0 Å². The molecule has 0 aromatic carbocycles. The first-order valence-electron chi connectivity index (χ1n) is 4.74.